The van der Waals surface area contributed by atoms with E-state index in [1.54, 1.807) is 24.3 Å². The number of Topliss-reactive ketones (excluding diaryl/α,β-unsaturated/α-hetero) is 1. The standard InChI is InChI=1S/C16H21NO5S/c1-22-12-5-3-11(4-6-12)14(18)7-8-15(19)17-13(16(20)21)9-10-23-2/h3-6,13H,7-10H2,1-2H3,(H,17,19)(H,20,21). The van der Waals surface area contributed by atoms with E-state index in [1.165, 1.54) is 18.9 Å². The zero-order valence-electron chi connectivity index (χ0n) is 13.2. The first kappa shape index (κ1) is 19.0. The number of carboxylic acids is 1. The Hall–Kier alpha value is -2.02. The maximum absolute atomic E-state index is 12.0. The number of nitrogens with one attached hydrogen (secondary N) is 1. The molecule has 0 heterocycles. The molecule has 1 rings (SSSR count). The van der Waals surface area contributed by atoms with E-state index in [2.05, 4.69) is 5.32 Å². The summed E-state index contributed by atoms with van der Waals surface area (Å²) >= 11 is 1.51. The molecule has 0 bridgehead atoms. The van der Waals surface area contributed by atoms with Gasteiger partial charge in [-0.05, 0) is 42.7 Å². The number of carbonyl (C=O) groups is 3. The molecule has 0 aromatic heterocycles. The lowest BCUT2D eigenvalue weighted by Crippen LogP contribution is -2.41. The van der Waals surface area contributed by atoms with Gasteiger partial charge in [0.15, 0.2) is 5.78 Å². The van der Waals surface area contributed by atoms with Gasteiger partial charge in [0.05, 0.1) is 7.11 Å². The van der Waals surface area contributed by atoms with E-state index in [1.807, 2.05) is 6.26 Å². The number of hydrogen-bond donors (Lipinski definition) is 2. The van der Waals surface area contributed by atoms with Crippen LogP contribution in [0.3, 0.4) is 0 Å². The highest BCUT2D eigenvalue weighted by molar-refractivity contribution is 7.98. The summed E-state index contributed by atoms with van der Waals surface area (Å²) in [6, 6.07) is 5.72. The Bertz CT molecular complexity index is 544. The summed E-state index contributed by atoms with van der Waals surface area (Å²) in [5.74, 6) is -0.368. The first-order chi connectivity index (χ1) is 11.0. The fraction of sp³-hybridized carbons (Fsp3) is 0.438. The third kappa shape index (κ3) is 6.73. The number of carboxylic acid groups (broad SMARTS) is 1. The second kappa shape index (κ2) is 9.89. The second-order valence-electron chi connectivity index (χ2n) is 4.89. The predicted octanol–water partition coefficient (Wildman–Crippen LogP) is 1.98. The van der Waals surface area contributed by atoms with Crippen molar-refractivity contribution >= 4 is 29.4 Å². The molecule has 1 aromatic rings. The van der Waals surface area contributed by atoms with E-state index in [-0.39, 0.29) is 18.6 Å². The summed E-state index contributed by atoms with van der Waals surface area (Å²) in [5.41, 5.74) is 0.496. The third-order valence-corrected chi connectivity index (χ3v) is 3.88. The van der Waals surface area contributed by atoms with Gasteiger partial charge in [-0.2, -0.15) is 11.8 Å². The van der Waals surface area contributed by atoms with Crippen molar-refractivity contribution in [3.05, 3.63) is 29.8 Å². The molecule has 126 valence electrons. The number of rotatable bonds is 10. The number of methoxy groups -OCH3 is 1. The molecule has 1 amide bonds. The average molecular weight is 339 g/mol. The molecular weight excluding hydrogens is 318 g/mol. The van der Waals surface area contributed by atoms with Gasteiger partial charge in [0.25, 0.3) is 0 Å². The molecule has 0 aliphatic carbocycles. The predicted molar refractivity (Wildman–Crippen MR) is 89.1 cm³/mol. The van der Waals surface area contributed by atoms with Gasteiger partial charge in [-0.15, -0.1) is 0 Å². The van der Waals surface area contributed by atoms with Crippen molar-refractivity contribution in [3.8, 4) is 5.75 Å². The molecule has 0 spiro atoms. The van der Waals surface area contributed by atoms with Gasteiger partial charge in [-0.3, -0.25) is 9.59 Å². The third-order valence-electron chi connectivity index (χ3n) is 3.24. The van der Waals surface area contributed by atoms with Crippen LogP contribution in [0.2, 0.25) is 0 Å². The Morgan fingerprint density at radius 1 is 1.22 bits per heavy atom. The topological polar surface area (TPSA) is 92.7 Å². The molecule has 1 unspecified atom stereocenters. The van der Waals surface area contributed by atoms with Crippen molar-refractivity contribution in [2.75, 3.05) is 19.1 Å². The van der Waals surface area contributed by atoms with E-state index < -0.39 is 17.9 Å². The van der Waals surface area contributed by atoms with E-state index in [4.69, 9.17) is 9.84 Å². The summed E-state index contributed by atoms with van der Waals surface area (Å²) in [6.45, 7) is 0. The summed E-state index contributed by atoms with van der Waals surface area (Å²) < 4.78 is 5.01. The smallest absolute Gasteiger partial charge is 0.326 e. The summed E-state index contributed by atoms with van der Waals surface area (Å²) in [7, 11) is 1.54. The fourth-order valence-corrected chi connectivity index (χ4v) is 2.38. The van der Waals surface area contributed by atoms with E-state index in [0.717, 1.165) is 0 Å². The van der Waals surface area contributed by atoms with Gasteiger partial charge in [0.2, 0.25) is 5.91 Å². The Balaban J connectivity index is 2.47. The SMILES string of the molecule is COc1ccc(C(=O)CCC(=O)NC(CCSC)C(=O)O)cc1. The number of hydrogen-bond acceptors (Lipinski definition) is 5. The molecule has 1 aromatic carbocycles. The molecule has 0 saturated heterocycles. The zero-order valence-corrected chi connectivity index (χ0v) is 14.0. The summed E-state index contributed by atoms with van der Waals surface area (Å²) in [5, 5.41) is 11.5. The number of ether oxygens (including phenoxy) is 1. The number of carbonyl (C=O) groups excluding carboxylic acids is 2. The van der Waals surface area contributed by atoms with Crippen LogP contribution in [0.15, 0.2) is 24.3 Å². The van der Waals surface area contributed by atoms with Crippen molar-refractivity contribution < 1.29 is 24.2 Å². The largest absolute Gasteiger partial charge is 0.497 e. The molecule has 0 saturated carbocycles. The molecule has 1 atom stereocenters. The molecule has 0 fully saturated rings. The minimum Gasteiger partial charge on any atom is -0.497 e. The van der Waals surface area contributed by atoms with Gasteiger partial charge in [-0.25, -0.2) is 4.79 Å². The number of thioether (sulfide) groups is 1. The lowest BCUT2D eigenvalue weighted by atomic mass is 10.1. The highest BCUT2D eigenvalue weighted by Gasteiger charge is 2.19. The quantitative estimate of drug-likeness (QED) is 0.633. The number of aliphatic carboxylic acids is 1. The first-order valence-electron chi connectivity index (χ1n) is 7.16. The van der Waals surface area contributed by atoms with Crippen LogP contribution in [0.1, 0.15) is 29.6 Å². The second-order valence-corrected chi connectivity index (χ2v) is 5.88. The van der Waals surface area contributed by atoms with Gasteiger partial charge < -0.3 is 15.2 Å². The molecule has 0 aliphatic rings. The van der Waals surface area contributed by atoms with Crippen LogP contribution >= 0.6 is 11.8 Å². The zero-order chi connectivity index (χ0) is 17.2. The first-order valence-corrected chi connectivity index (χ1v) is 8.55. The summed E-state index contributed by atoms with van der Waals surface area (Å²) in [4.78, 5) is 34.9. The number of amides is 1. The average Bonchev–Trinajstić information content (AvgIpc) is 2.56. The highest BCUT2D eigenvalue weighted by atomic mass is 32.2. The lowest BCUT2D eigenvalue weighted by Gasteiger charge is -2.13. The number of ketones is 1. The van der Waals surface area contributed by atoms with E-state index >= 15 is 0 Å². The van der Waals surface area contributed by atoms with Crippen LogP contribution in [-0.2, 0) is 9.59 Å². The number of benzene rings is 1. The Labute approximate surface area is 139 Å². The van der Waals surface area contributed by atoms with E-state index in [9.17, 15) is 14.4 Å². The van der Waals surface area contributed by atoms with Gasteiger partial charge in [0, 0.05) is 18.4 Å². The minimum atomic E-state index is -1.06. The van der Waals surface area contributed by atoms with Crippen LogP contribution < -0.4 is 10.1 Å². The maximum atomic E-state index is 12.0. The monoisotopic (exact) mass is 339 g/mol. The van der Waals surface area contributed by atoms with E-state index in [0.29, 0.717) is 23.5 Å². The van der Waals surface area contributed by atoms with Crippen LogP contribution in [-0.4, -0.2) is 47.9 Å². The van der Waals surface area contributed by atoms with Gasteiger partial charge in [0.1, 0.15) is 11.8 Å². The van der Waals surface area contributed by atoms with Crippen LogP contribution in [0.4, 0.5) is 0 Å². The molecule has 2 N–H and O–H groups in total. The Kier molecular flexibility index (Phi) is 8.18. The van der Waals surface area contributed by atoms with Crippen molar-refractivity contribution in [2.45, 2.75) is 25.3 Å². The molecular formula is C16H21NO5S. The molecule has 7 heteroatoms. The van der Waals surface area contributed by atoms with Crippen molar-refractivity contribution in [1.29, 1.82) is 0 Å². The van der Waals surface area contributed by atoms with Crippen LogP contribution in [0.25, 0.3) is 0 Å². The van der Waals surface area contributed by atoms with Gasteiger partial charge >= 0.3 is 5.97 Å². The van der Waals surface area contributed by atoms with Crippen molar-refractivity contribution in [1.82, 2.24) is 5.32 Å². The van der Waals surface area contributed by atoms with Crippen LogP contribution in [0.5, 0.6) is 5.75 Å². The normalized spacial score (nSPS) is 11.6. The van der Waals surface area contributed by atoms with Crippen molar-refractivity contribution in [3.63, 3.8) is 0 Å². The molecule has 0 aliphatic heterocycles. The molecule has 6 nitrogen and oxygen atoms in total. The summed E-state index contributed by atoms with van der Waals surface area (Å²) in [6.07, 6.45) is 2.23. The van der Waals surface area contributed by atoms with Gasteiger partial charge in [-0.1, -0.05) is 0 Å². The minimum absolute atomic E-state index is 0.0338. The molecule has 0 radical (unpaired) electrons. The van der Waals surface area contributed by atoms with Crippen LogP contribution in [0, 0.1) is 0 Å². The highest BCUT2D eigenvalue weighted by Crippen LogP contribution is 2.13. The maximum Gasteiger partial charge on any atom is 0.326 e. The lowest BCUT2D eigenvalue weighted by molar-refractivity contribution is -0.141. The Morgan fingerprint density at radius 3 is 2.39 bits per heavy atom. The fourth-order valence-electron chi connectivity index (χ4n) is 1.91. The van der Waals surface area contributed by atoms with Crippen molar-refractivity contribution in [2.24, 2.45) is 0 Å². The molecule has 23 heavy (non-hydrogen) atoms. The Morgan fingerprint density at radius 2 is 1.87 bits per heavy atom.